The van der Waals surface area contributed by atoms with Crippen molar-refractivity contribution < 1.29 is 5.11 Å². The summed E-state index contributed by atoms with van der Waals surface area (Å²) in [5, 5.41) is 13.0. The molecule has 4 nitrogen and oxygen atoms in total. The molecule has 0 fully saturated rings. The van der Waals surface area contributed by atoms with Gasteiger partial charge in [-0.05, 0) is 35.0 Å². The zero-order valence-electron chi connectivity index (χ0n) is 13.0. The molecule has 4 aromatic rings. The summed E-state index contributed by atoms with van der Waals surface area (Å²) in [5.41, 5.74) is 1.53. The van der Waals surface area contributed by atoms with Crippen LogP contribution < -0.4 is 5.56 Å². The van der Waals surface area contributed by atoms with Gasteiger partial charge in [-0.3, -0.25) is 4.79 Å². The van der Waals surface area contributed by atoms with E-state index in [1.54, 1.807) is 18.2 Å². The molecule has 0 saturated heterocycles. The van der Waals surface area contributed by atoms with Crippen LogP contribution in [0.1, 0.15) is 11.3 Å². The number of aromatic nitrogens is 2. The number of hydrogen-bond donors (Lipinski definition) is 2. The highest BCUT2D eigenvalue weighted by atomic mass is 35.5. The first-order valence-corrected chi connectivity index (χ1v) is 8.07. The number of hydrogen-bond acceptors (Lipinski definition) is 3. The molecular formula is C20H13ClN2O2. The van der Waals surface area contributed by atoms with Crippen LogP contribution in [0.4, 0.5) is 0 Å². The van der Waals surface area contributed by atoms with Gasteiger partial charge in [-0.1, -0.05) is 48.0 Å². The predicted octanol–water partition coefficient (Wildman–Crippen LogP) is 4.79. The van der Waals surface area contributed by atoms with E-state index in [0.717, 1.165) is 10.8 Å². The Labute approximate surface area is 148 Å². The molecule has 25 heavy (non-hydrogen) atoms. The van der Waals surface area contributed by atoms with Gasteiger partial charge in [0, 0.05) is 16.7 Å². The highest BCUT2D eigenvalue weighted by Crippen LogP contribution is 2.21. The van der Waals surface area contributed by atoms with Gasteiger partial charge in [0.25, 0.3) is 5.56 Å². The molecule has 0 spiro atoms. The number of nitrogens with one attached hydrogen (secondary N) is 1. The van der Waals surface area contributed by atoms with Crippen LogP contribution in [0.25, 0.3) is 33.6 Å². The van der Waals surface area contributed by atoms with Crippen LogP contribution in [0.3, 0.4) is 0 Å². The number of aromatic amines is 1. The van der Waals surface area contributed by atoms with E-state index in [4.69, 9.17) is 11.6 Å². The van der Waals surface area contributed by atoms with Crippen molar-refractivity contribution in [3.8, 4) is 0 Å². The molecule has 0 aliphatic rings. The summed E-state index contributed by atoms with van der Waals surface area (Å²) in [5.74, 6) is -0.0166. The van der Waals surface area contributed by atoms with Crippen LogP contribution in [0, 0.1) is 0 Å². The Morgan fingerprint density at radius 2 is 1.84 bits per heavy atom. The summed E-state index contributed by atoms with van der Waals surface area (Å²) in [6, 6.07) is 18.5. The molecule has 3 aromatic carbocycles. The first-order chi connectivity index (χ1) is 12.1. The third-order valence-corrected chi connectivity index (χ3v) is 4.23. The molecule has 0 aliphatic heterocycles. The molecule has 1 aromatic heterocycles. The Morgan fingerprint density at radius 3 is 2.68 bits per heavy atom. The minimum absolute atomic E-state index is 0.0166. The number of aliphatic hydroxyl groups is 1. The molecule has 0 bridgehead atoms. The summed E-state index contributed by atoms with van der Waals surface area (Å²) in [6.45, 7) is 0. The van der Waals surface area contributed by atoms with E-state index in [-0.39, 0.29) is 17.0 Å². The van der Waals surface area contributed by atoms with Gasteiger partial charge in [-0.2, -0.15) is 0 Å². The van der Waals surface area contributed by atoms with Crippen molar-refractivity contribution in [3.05, 3.63) is 87.3 Å². The van der Waals surface area contributed by atoms with Crippen LogP contribution in [0.5, 0.6) is 0 Å². The summed E-state index contributed by atoms with van der Waals surface area (Å²) in [6.07, 6.45) is 1.37. The molecule has 1 heterocycles. The van der Waals surface area contributed by atoms with E-state index in [9.17, 15) is 9.90 Å². The number of benzene rings is 3. The Kier molecular flexibility index (Phi) is 3.75. The van der Waals surface area contributed by atoms with Crippen molar-refractivity contribution >= 4 is 45.2 Å². The Hall–Kier alpha value is -3.11. The number of fused-ring (bicyclic) bond motifs is 2. The Bertz CT molecular complexity index is 1200. The molecule has 0 saturated carbocycles. The molecule has 0 unspecified atom stereocenters. The highest BCUT2D eigenvalue weighted by Gasteiger charge is 2.07. The van der Waals surface area contributed by atoms with Gasteiger partial charge in [-0.15, -0.1) is 0 Å². The maximum Gasteiger partial charge on any atom is 0.274 e. The first-order valence-electron chi connectivity index (χ1n) is 7.69. The molecule has 0 aliphatic carbocycles. The number of aliphatic hydroxyl groups excluding tert-OH is 1. The van der Waals surface area contributed by atoms with Gasteiger partial charge in [0.05, 0.1) is 11.0 Å². The zero-order chi connectivity index (χ0) is 17.4. The second-order valence-corrected chi connectivity index (χ2v) is 6.14. The first kappa shape index (κ1) is 15.4. The van der Waals surface area contributed by atoms with E-state index in [0.29, 0.717) is 21.6 Å². The lowest BCUT2D eigenvalue weighted by Gasteiger charge is -2.04. The van der Waals surface area contributed by atoms with Crippen LogP contribution in [-0.2, 0) is 0 Å². The van der Waals surface area contributed by atoms with Crippen LogP contribution in [0.15, 0.2) is 65.5 Å². The van der Waals surface area contributed by atoms with E-state index >= 15 is 0 Å². The van der Waals surface area contributed by atoms with Gasteiger partial charge >= 0.3 is 0 Å². The van der Waals surface area contributed by atoms with E-state index in [2.05, 4.69) is 9.97 Å². The van der Waals surface area contributed by atoms with Crippen molar-refractivity contribution in [2.45, 2.75) is 0 Å². The zero-order valence-corrected chi connectivity index (χ0v) is 13.8. The number of halogens is 1. The molecule has 4 rings (SSSR count). The summed E-state index contributed by atoms with van der Waals surface area (Å²) >= 11 is 5.92. The molecule has 0 amide bonds. The number of nitrogens with zero attached hydrogens (tertiary/aromatic N) is 1. The van der Waals surface area contributed by atoms with Crippen LogP contribution in [-0.4, -0.2) is 15.1 Å². The topological polar surface area (TPSA) is 66.0 Å². The number of H-pyrrole nitrogens is 1. The Balaban J connectivity index is 1.80. The standard InChI is InChI=1S/C20H13ClN2O2/c21-15-7-8-16-17(10-15)23-20(25)18(22-16)11-19(24)14-6-5-12-3-1-2-4-13(12)9-14/h1-11,24H,(H,23,25). The average Bonchev–Trinajstić information content (AvgIpc) is 2.62. The van der Waals surface area contributed by atoms with Gasteiger partial charge in [-0.25, -0.2) is 4.98 Å². The highest BCUT2D eigenvalue weighted by molar-refractivity contribution is 6.31. The van der Waals surface area contributed by atoms with Gasteiger partial charge in [0.15, 0.2) is 0 Å². The van der Waals surface area contributed by atoms with Crippen molar-refractivity contribution in [3.63, 3.8) is 0 Å². The van der Waals surface area contributed by atoms with Crippen molar-refractivity contribution in [1.82, 2.24) is 9.97 Å². The van der Waals surface area contributed by atoms with E-state index in [1.807, 2.05) is 42.5 Å². The fourth-order valence-electron chi connectivity index (χ4n) is 2.73. The molecule has 0 atom stereocenters. The summed E-state index contributed by atoms with van der Waals surface area (Å²) in [4.78, 5) is 19.2. The van der Waals surface area contributed by atoms with Crippen molar-refractivity contribution in [2.75, 3.05) is 0 Å². The normalized spacial score (nSPS) is 12.0. The van der Waals surface area contributed by atoms with Crippen molar-refractivity contribution in [2.24, 2.45) is 0 Å². The fraction of sp³-hybridized carbons (Fsp3) is 0. The van der Waals surface area contributed by atoms with Gasteiger partial charge < -0.3 is 10.1 Å². The fourth-order valence-corrected chi connectivity index (χ4v) is 2.90. The minimum atomic E-state index is -0.387. The lowest BCUT2D eigenvalue weighted by atomic mass is 10.1. The summed E-state index contributed by atoms with van der Waals surface area (Å²) < 4.78 is 0. The second kappa shape index (κ2) is 6.07. The molecule has 2 N–H and O–H groups in total. The lowest BCUT2D eigenvalue weighted by Crippen LogP contribution is -2.12. The monoisotopic (exact) mass is 348 g/mol. The minimum Gasteiger partial charge on any atom is -0.507 e. The third-order valence-electron chi connectivity index (χ3n) is 4.00. The van der Waals surface area contributed by atoms with Crippen molar-refractivity contribution in [1.29, 1.82) is 0 Å². The van der Waals surface area contributed by atoms with Crippen LogP contribution in [0.2, 0.25) is 5.02 Å². The SMILES string of the molecule is O=c1[nH]c2cc(Cl)ccc2nc1C=C(O)c1ccc2ccccc2c1. The smallest absolute Gasteiger partial charge is 0.274 e. The quantitative estimate of drug-likeness (QED) is 0.512. The lowest BCUT2D eigenvalue weighted by molar-refractivity contribution is 0.515. The van der Waals surface area contributed by atoms with E-state index < -0.39 is 0 Å². The maximum atomic E-state index is 12.2. The maximum absolute atomic E-state index is 12.2. The molecule has 122 valence electrons. The van der Waals surface area contributed by atoms with Crippen LogP contribution >= 0.6 is 11.6 Å². The predicted molar refractivity (Wildman–Crippen MR) is 102 cm³/mol. The van der Waals surface area contributed by atoms with Gasteiger partial charge in [0.2, 0.25) is 0 Å². The molecule has 0 radical (unpaired) electrons. The second-order valence-electron chi connectivity index (χ2n) is 5.70. The Morgan fingerprint density at radius 1 is 1.04 bits per heavy atom. The molecular weight excluding hydrogens is 336 g/mol. The third kappa shape index (κ3) is 2.99. The molecule has 5 heteroatoms. The summed E-state index contributed by atoms with van der Waals surface area (Å²) in [7, 11) is 0. The largest absolute Gasteiger partial charge is 0.507 e. The number of rotatable bonds is 2. The average molecular weight is 349 g/mol. The van der Waals surface area contributed by atoms with Gasteiger partial charge in [0.1, 0.15) is 11.5 Å². The van der Waals surface area contributed by atoms with E-state index in [1.165, 1.54) is 6.08 Å².